The van der Waals surface area contributed by atoms with E-state index in [9.17, 15) is 0 Å². The van der Waals surface area contributed by atoms with E-state index in [1.165, 1.54) is 45.1 Å². The van der Waals surface area contributed by atoms with E-state index >= 15 is 0 Å². The van der Waals surface area contributed by atoms with Crippen LogP contribution in [-0.4, -0.2) is 13.6 Å². The van der Waals surface area contributed by atoms with Gasteiger partial charge in [-0.3, -0.25) is 0 Å². The quantitative estimate of drug-likeness (QED) is 0.609. The van der Waals surface area contributed by atoms with Gasteiger partial charge in [0.05, 0.1) is 0 Å². The summed E-state index contributed by atoms with van der Waals surface area (Å²) in [5, 5.41) is 3.35. The molecule has 1 unspecified atom stereocenters. The van der Waals surface area contributed by atoms with E-state index in [0.717, 1.165) is 0 Å². The largest absolute Gasteiger partial charge is 0.319 e. The Balaban J connectivity index is 4.07. The van der Waals surface area contributed by atoms with Crippen LogP contribution in [0.25, 0.3) is 0 Å². The molecule has 0 aliphatic carbocycles. The maximum absolute atomic E-state index is 3.35. The molecule has 0 radical (unpaired) electrons. The van der Waals surface area contributed by atoms with E-state index in [-0.39, 0.29) is 0 Å². The minimum atomic E-state index is 0.583. The molecular formula is C12H27N. The molecule has 13 heavy (non-hydrogen) atoms. The zero-order valence-corrected chi connectivity index (χ0v) is 9.95. The van der Waals surface area contributed by atoms with Crippen molar-refractivity contribution in [2.45, 2.75) is 59.3 Å². The molecule has 0 amide bonds. The Kier molecular flexibility index (Phi) is 7.35. The second-order valence-corrected chi connectivity index (χ2v) is 4.24. The Morgan fingerprint density at radius 3 is 2.08 bits per heavy atom. The van der Waals surface area contributed by atoms with Crippen LogP contribution in [0.1, 0.15) is 59.3 Å². The van der Waals surface area contributed by atoms with Crippen molar-refractivity contribution in [1.29, 1.82) is 0 Å². The fourth-order valence-corrected chi connectivity index (χ4v) is 2.24. The highest BCUT2D eigenvalue weighted by Gasteiger charge is 2.25. The van der Waals surface area contributed by atoms with Crippen molar-refractivity contribution in [3.63, 3.8) is 0 Å². The molecule has 1 atom stereocenters. The number of hydrogen-bond acceptors (Lipinski definition) is 1. The van der Waals surface area contributed by atoms with Gasteiger partial charge in [0.1, 0.15) is 0 Å². The van der Waals surface area contributed by atoms with Crippen molar-refractivity contribution in [3.8, 4) is 0 Å². The molecule has 80 valence electrons. The highest BCUT2D eigenvalue weighted by molar-refractivity contribution is 4.79. The molecule has 0 aliphatic heterocycles. The van der Waals surface area contributed by atoms with Crippen molar-refractivity contribution in [2.75, 3.05) is 13.6 Å². The standard InChI is InChI=1S/C12H27N/c1-5-8-10-12(7-3,9-6-2)11-13-4/h13H,5-11H2,1-4H3. The lowest BCUT2D eigenvalue weighted by molar-refractivity contribution is 0.215. The van der Waals surface area contributed by atoms with E-state index in [1.807, 2.05) is 0 Å². The summed E-state index contributed by atoms with van der Waals surface area (Å²) in [5.41, 5.74) is 0.583. The Hall–Kier alpha value is -0.0400. The van der Waals surface area contributed by atoms with Crippen LogP contribution in [0.4, 0.5) is 0 Å². The van der Waals surface area contributed by atoms with Gasteiger partial charge in [-0.2, -0.15) is 0 Å². The lowest BCUT2D eigenvalue weighted by Gasteiger charge is -2.32. The first kappa shape index (κ1) is 13.0. The van der Waals surface area contributed by atoms with Crippen LogP contribution in [0.3, 0.4) is 0 Å². The van der Waals surface area contributed by atoms with Gasteiger partial charge in [-0.15, -0.1) is 0 Å². The van der Waals surface area contributed by atoms with Gasteiger partial charge >= 0.3 is 0 Å². The average Bonchev–Trinajstić information content (AvgIpc) is 2.15. The Bertz CT molecular complexity index is 104. The predicted molar refractivity (Wildman–Crippen MR) is 61.1 cm³/mol. The third-order valence-corrected chi connectivity index (χ3v) is 3.14. The normalized spacial score (nSPS) is 15.7. The lowest BCUT2D eigenvalue weighted by Crippen LogP contribution is -2.32. The molecule has 0 fully saturated rings. The van der Waals surface area contributed by atoms with Crippen molar-refractivity contribution in [3.05, 3.63) is 0 Å². The minimum Gasteiger partial charge on any atom is -0.319 e. The molecule has 0 saturated carbocycles. The molecule has 0 aliphatic rings. The van der Waals surface area contributed by atoms with Crippen LogP contribution in [0, 0.1) is 5.41 Å². The number of nitrogens with one attached hydrogen (secondary N) is 1. The molecular weight excluding hydrogens is 158 g/mol. The Morgan fingerprint density at radius 1 is 1.00 bits per heavy atom. The first-order valence-corrected chi connectivity index (χ1v) is 5.89. The van der Waals surface area contributed by atoms with Gasteiger partial charge in [-0.05, 0) is 31.7 Å². The van der Waals surface area contributed by atoms with E-state index in [4.69, 9.17) is 0 Å². The van der Waals surface area contributed by atoms with Crippen LogP contribution in [-0.2, 0) is 0 Å². The smallest absolute Gasteiger partial charge is 0.000470 e. The maximum atomic E-state index is 3.35. The highest BCUT2D eigenvalue weighted by Crippen LogP contribution is 2.33. The average molecular weight is 185 g/mol. The summed E-state index contributed by atoms with van der Waals surface area (Å²) in [7, 11) is 2.08. The number of unbranched alkanes of at least 4 members (excludes halogenated alkanes) is 1. The van der Waals surface area contributed by atoms with Gasteiger partial charge in [-0.25, -0.2) is 0 Å². The summed E-state index contributed by atoms with van der Waals surface area (Å²) >= 11 is 0. The Labute approximate surface area is 84.3 Å². The molecule has 0 aromatic rings. The number of rotatable bonds is 8. The van der Waals surface area contributed by atoms with Crippen LogP contribution >= 0.6 is 0 Å². The first-order chi connectivity index (χ1) is 6.24. The van der Waals surface area contributed by atoms with E-state index < -0.39 is 0 Å². The summed E-state index contributed by atoms with van der Waals surface area (Å²) in [5.74, 6) is 0. The molecule has 0 heterocycles. The maximum Gasteiger partial charge on any atom is 0.000470 e. The predicted octanol–water partition coefficient (Wildman–Crippen LogP) is 3.59. The zero-order chi connectivity index (χ0) is 10.2. The molecule has 1 heteroatoms. The fraction of sp³-hybridized carbons (Fsp3) is 1.00. The van der Waals surface area contributed by atoms with Gasteiger partial charge in [0, 0.05) is 6.54 Å². The topological polar surface area (TPSA) is 12.0 Å². The molecule has 0 aromatic carbocycles. The molecule has 0 spiro atoms. The van der Waals surface area contributed by atoms with Crippen LogP contribution in [0.5, 0.6) is 0 Å². The van der Waals surface area contributed by atoms with Gasteiger partial charge in [-0.1, -0.05) is 40.0 Å². The van der Waals surface area contributed by atoms with Crippen LogP contribution in [0.2, 0.25) is 0 Å². The van der Waals surface area contributed by atoms with E-state index in [2.05, 4.69) is 33.1 Å². The van der Waals surface area contributed by atoms with Gasteiger partial charge in [0.25, 0.3) is 0 Å². The van der Waals surface area contributed by atoms with Gasteiger partial charge < -0.3 is 5.32 Å². The van der Waals surface area contributed by atoms with Crippen molar-refractivity contribution >= 4 is 0 Å². The third-order valence-electron chi connectivity index (χ3n) is 3.14. The molecule has 1 nitrogen and oxygen atoms in total. The van der Waals surface area contributed by atoms with Crippen molar-refractivity contribution < 1.29 is 0 Å². The molecule has 0 bridgehead atoms. The number of hydrogen-bond donors (Lipinski definition) is 1. The second-order valence-electron chi connectivity index (χ2n) is 4.24. The SMILES string of the molecule is CCCCC(CC)(CCC)CNC. The van der Waals surface area contributed by atoms with Crippen molar-refractivity contribution in [2.24, 2.45) is 5.41 Å². The van der Waals surface area contributed by atoms with E-state index in [0.29, 0.717) is 5.41 Å². The van der Waals surface area contributed by atoms with Crippen LogP contribution in [0.15, 0.2) is 0 Å². The van der Waals surface area contributed by atoms with Gasteiger partial charge in [0.15, 0.2) is 0 Å². The first-order valence-electron chi connectivity index (χ1n) is 5.89. The highest BCUT2D eigenvalue weighted by atomic mass is 14.8. The zero-order valence-electron chi connectivity index (χ0n) is 9.95. The summed E-state index contributed by atoms with van der Waals surface area (Å²) in [6, 6.07) is 0. The molecule has 0 saturated heterocycles. The lowest BCUT2D eigenvalue weighted by atomic mass is 9.76. The van der Waals surface area contributed by atoms with Crippen molar-refractivity contribution in [1.82, 2.24) is 5.32 Å². The second kappa shape index (κ2) is 7.37. The molecule has 0 aromatic heterocycles. The summed E-state index contributed by atoms with van der Waals surface area (Å²) in [6.45, 7) is 8.11. The Morgan fingerprint density at radius 2 is 1.69 bits per heavy atom. The summed E-state index contributed by atoms with van der Waals surface area (Å²) in [6.07, 6.45) is 8.13. The minimum absolute atomic E-state index is 0.583. The van der Waals surface area contributed by atoms with Gasteiger partial charge in [0.2, 0.25) is 0 Å². The summed E-state index contributed by atoms with van der Waals surface area (Å²) in [4.78, 5) is 0. The monoisotopic (exact) mass is 185 g/mol. The molecule has 0 rings (SSSR count). The van der Waals surface area contributed by atoms with Crippen LogP contribution < -0.4 is 5.32 Å². The fourth-order valence-electron chi connectivity index (χ4n) is 2.24. The van der Waals surface area contributed by atoms with E-state index in [1.54, 1.807) is 0 Å². The molecule has 1 N–H and O–H groups in total. The third kappa shape index (κ3) is 4.66. The summed E-state index contributed by atoms with van der Waals surface area (Å²) < 4.78 is 0.